The lowest BCUT2D eigenvalue weighted by Crippen LogP contribution is -2.31. The maximum Gasteiger partial charge on any atom is 0.253 e. The maximum absolute atomic E-state index is 12.3. The van der Waals surface area contributed by atoms with Gasteiger partial charge in [-0.2, -0.15) is 0 Å². The first-order chi connectivity index (χ1) is 11.6. The quantitative estimate of drug-likeness (QED) is 0.867. The maximum atomic E-state index is 12.3. The number of pyridine rings is 1. The van der Waals surface area contributed by atoms with Crippen LogP contribution in [-0.4, -0.2) is 30.1 Å². The number of nitrogens with zero attached hydrogens (tertiary/aromatic N) is 1. The summed E-state index contributed by atoms with van der Waals surface area (Å²) in [5, 5.41) is 6.85. The minimum absolute atomic E-state index is 0.123. The molecule has 1 unspecified atom stereocenters. The van der Waals surface area contributed by atoms with Crippen LogP contribution in [0.25, 0.3) is 0 Å². The molecule has 1 aromatic heterocycles. The van der Waals surface area contributed by atoms with Crippen LogP contribution in [0.5, 0.6) is 0 Å². The van der Waals surface area contributed by atoms with Crippen molar-refractivity contribution in [3.05, 3.63) is 52.8 Å². The molecule has 1 aliphatic rings. The Bertz CT molecular complexity index is 730. The Morgan fingerprint density at radius 3 is 3.08 bits per heavy atom. The van der Waals surface area contributed by atoms with Gasteiger partial charge >= 0.3 is 0 Å². The summed E-state index contributed by atoms with van der Waals surface area (Å²) in [5.41, 5.74) is 3.09. The van der Waals surface area contributed by atoms with E-state index in [2.05, 4.69) is 15.6 Å². The van der Waals surface area contributed by atoms with Crippen LogP contribution in [0.2, 0.25) is 5.02 Å². The summed E-state index contributed by atoms with van der Waals surface area (Å²) in [4.78, 5) is 16.4. The molecular weight excluding hydrogens is 326 g/mol. The lowest BCUT2D eigenvalue weighted by molar-refractivity contribution is 0.0857. The van der Waals surface area contributed by atoms with Gasteiger partial charge in [-0.05, 0) is 43.5 Å². The summed E-state index contributed by atoms with van der Waals surface area (Å²) >= 11 is 6.13. The number of rotatable bonds is 5. The van der Waals surface area contributed by atoms with E-state index in [4.69, 9.17) is 16.3 Å². The number of hydrogen-bond donors (Lipinski definition) is 2. The first-order valence-electron chi connectivity index (χ1n) is 8.00. The Balaban J connectivity index is 1.67. The summed E-state index contributed by atoms with van der Waals surface area (Å²) in [5.74, 6) is -0.149. The van der Waals surface area contributed by atoms with Gasteiger partial charge in [0.05, 0.1) is 23.6 Å². The van der Waals surface area contributed by atoms with E-state index < -0.39 is 0 Å². The third kappa shape index (κ3) is 4.04. The van der Waals surface area contributed by atoms with Gasteiger partial charge in [0.2, 0.25) is 0 Å². The molecule has 126 valence electrons. The predicted molar refractivity (Wildman–Crippen MR) is 95.0 cm³/mol. The second-order valence-electron chi connectivity index (χ2n) is 5.84. The average Bonchev–Trinajstić information content (AvgIpc) is 3.11. The number of amides is 1. The van der Waals surface area contributed by atoms with Gasteiger partial charge in [-0.15, -0.1) is 0 Å². The number of anilines is 2. The highest BCUT2D eigenvalue weighted by Crippen LogP contribution is 2.26. The molecule has 0 saturated carbocycles. The molecule has 1 amide bonds. The fraction of sp³-hybridized carbons (Fsp3) is 0.333. The van der Waals surface area contributed by atoms with Gasteiger partial charge in [-0.1, -0.05) is 17.7 Å². The number of nitrogens with one attached hydrogen (secondary N) is 2. The van der Waals surface area contributed by atoms with E-state index in [-0.39, 0.29) is 12.0 Å². The molecule has 1 fully saturated rings. The SMILES string of the molecule is Cc1c(Cl)cccc1Nc1cncc(C(=O)NCC2CCCO2)c1. The summed E-state index contributed by atoms with van der Waals surface area (Å²) in [7, 11) is 0. The standard InChI is InChI=1S/C18H20ClN3O2/c1-12-16(19)5-2-6-17(12)22-14-8-13(9-20-10-14)18(23)21-11-15-4-3-7-24-15/h2,5-6,8-10,15,22H,3-4,7,11H2,1H3,(H,21,23). The Hall–Kier alpha value is -2.11. The van der Waals surface area contributed by atoms with Crippen LogP contribution in [-0.2, 0) is 4.74 Å². The molecular formula is C18H20ClN3O2. The normalized spacial score (nSPS) is 16.8. The monoisotopic (exact) mass is 345 g/mol. The van der Waals surface area contributed by atoms with Crippen molar-refractivity contribution in [3.8, 4) is 0 Å². The highest BCUT2D eigenvalue weighted by Gasteiger charge is 2.17. The fourth-order valence-electron chi connectivity index (χ4n) is 2.64. The molecule has 0 spiro atoms. The number of benzene rings is 1. The largest absolute Gasteiger partial charge is 0.376 e. The van der Waals surface area contributed by atoms with E-state index >= 15 is 0 Å². The molecule has 0 aliphatic carbocycles. The number of halogens is 1. The zero-order chi connectivity index (χ0) is 16.9. The van der Waals surface area contributed by atoms with E-state index in [0.29, 0.717) is 17.1 Å². The first-order valence-corrected chi connectivity index (χ1v) is 8.38. The van der Waals surface area contributed by atoms with Gasteiger partial charge in [0.1, 0.15) is 0 Å². The van der Waals surface area contributed by atoms with Crippen LogP contribution in [0, 0.1) is 6.92 Å². The van der Waals surface area contributed by atoms with Crippen LogP contribution in [0.1, 0.15) is 28.8 Å². The number of carbonyl (C=O) groups is 1. The zero-order valence-corrected chi connectivity index (χ0v) is 14.3. The first kappa shape index (κ1) is 16.7. The van der Waals surface area contributed by atoms with Gasteiger partial charge in [-0.3, -0.25) is 9.78 Å². The third-order valence-electron chi connectivity index (χ3n) is 4.06. The molecule has 3 rings (SSSR count). The second kappa shape index (κ2) is 7.64. The Kier molecular flexibility index (Phi) is 5.33. The van der Waals surface area contributed by atoms with Gasteiger partial charge in [-0.25, -0.2) is 0 Å². The number of ether oxygens (including phenoxy) is 1. The van der Waals surface area contributed by atoms with Crippen LogP contribution < -0.4 is 10.6 Å². The summed E-state index contributed by atoms with van der Waals surface area (Å²) in [6.45, 7) is 3.25. The van der Waals surface area contributed by atoms with Crippen molar-refractivity contribution in [2.24, 2.45) is 0 Å². The smallest absolute Gasteiger partial charge is 0.253 e. The van der Waals surface area contributed by atoms with Gasteiger partial charge in [0.25, 0.3) is 5.91 Å². The van der Waals surface area contributed by atoms with Crippen LogP contribution in [0.15, 0.2) is 36.7 Å². The Morgan fingerprint density at radius 2 is 2.29 bits per heavy atom. The summed E-state index contributed by atoms with van der Waals surface area (Å²) in [6, 6.07) is 7.43. The van der Waals surface area contributed by atoms with E-state index in [1.165, 1.54) is 0 Å². The molecule has 2 heterocycles. The van der Waals surface area contributed by atoms with Crippen molar-refractivity contribution in [1.82, 2.24) is 10.3 Å². The average molecular weight is 346 g/mol. The molecule has 1 aromatic carbocycles. The highest BCUT2D eigenvalue weighted by atomic mass is 35.5. The van der Waals surface area contributed by atoms with Crippen molar-refractivity contribution >= 4 is 28.9 Å². The number of hydrogen-bond acceptors (Lipinski definition) is 4. The minimum Gasteiger partial charge on any atom is -0.376 e. The molecule has 2 aromatic rings. The molecule has 5 nitrogen and oxygen atoms in total. The minimum atomic E-state index is -0.149. The van der Waals surface area contributed by atoms with Crippen molar-refractivity contribution in [2.75, 3.05) is 18.5 Å². The van der Waals surface area contributed by atoms with Crippen molar-refractivity contribution in [2.45, 2.75) is 25.9 Å². The van der Waals surface area contributed by atoms with Crippen LogP contribution in [0.3, 0.4) is 0 Å². The van der Waals surface area contributed by atoms with E-state index in [9.17, 15) is 4.79 Å². The Labute approximate surface area is 146 Å². The molecule has 2 N–H and O–H groups in total. The van der Waals surface area contributed by atoms with Gasteiger partial charge < -0.3 is 15.4 Å². The van der Waals surface area contributed by atoms with E-state index in [0.717, 1.165) is 36.4 Å². The Morgan fingerprint density at radius 1 is 1.42 bits per heavy atom. The highest BCUT2D eigenvalue weighted by molar-refractivity contribution is 6.31. The van der Waals surface area contributed by atoms with Crippen LogP contribution >= 0.6 is 11.6 Å². The zero-order valence-electron chi connectivity index (χ0n) is 13.5. The molecule has 24 heavy (non-hydrogen) atoms. The molecule has 6 heteroatoms. The van der Waals surface area contributed by atoms with Crippen molar-refractivity contribution in [3.63, 3.8) is 0 Å². The van der Waals surface area contributed by atoms with E-state index in [1.54, 1.807) is 18.5 Å². The third-order valence-corrected chi connectivity index (χ3v) is 4.47. The van der Waals surface area contributed by atoms with Gasteiger partial charge in [0.15, 0.2) is 0 Å². The molecule has 1 aliphatic heterocycles. The lowest BCUT2D eigenvalue weighted by Gasteiger charge is -2.13. The van der Waals surface area contributed by atoms with Crippen molar-refractivity contribution in [1.29, 1.82) is 0 Å². The van der Waals surface area contributed by atoms with E-state index in [1.807, 2.05) is 25.1 Å². The second-order valence-corrected chi connectivity index (χ2v) is 6.25. The van der Waals surface area contributed by atoms with Crippen molar-refractivity contribution < 1.29 is 9.53 Å². The number of aromatic nitrogens is 1. The number of carbonyl (C=O) groups excluding carboxylic acids is 1. The molecule has 0 bridgehead atoms. The fourth-order valence-corrected chi connectivity index (χ4v) is 2.82. The van der Waals surface area contributed by atoms with Crippen LogP contribution in [0.4, 0.5) is 11.4 Å². The molecule has 1 atom stereocenters. The molecule has 1 saturated heterocycles. The summed E-state index contributed by atoms with van der Waals surface area (Å²) in [6.07, 6.45) is 5.41. The lowest BCUT2D eigenvalue weighted by atomic mass is 10.2. The summed E-state index contributed by atoms with van der Waals surface area (Å²) < 4.78 is 5.51. The predicted octanol–water partition coefficient (Wildman–Crippen LogP) is 3.70. The van der Waals surface area contributed by atoms with Gasteiger partial charge in [0, 0.05) is 30.1 Å². The molecule has 0 radical (unpaired) electrons. The topological polar surface area (TPSA) is 63.2 Å².